The van der Waals surface area contributed by atoms with Crippen LogP contribution in [0.2, 0.25) is 0 Å². The molecular weight excluding hydrogens is 386 g/mol. The molecule has 9 nitrogen and oxygen atoms in total. The van der Waals surface area contributed by atoms with Gasteiger partial charge >= 0.3 is 12.1 Å². The van der Waals surface area contributed by atoms with E-state index < -0.39 is 47.7 Å². The number of carbonyl (C=O) groups excluding carboxylic acids is 4. The van der Waals surface area contributed by atoms with Gasteiger partial charge in [0.25, 0.3) is 0 Å². The third-order valence-electron chi connectivity index (χ3n) is 3.33. The summed E-state index contributed by atoms with van der Waals surface area (Å²) in [7, 11) is 1.13. The van der Waals surface area contributed by atoms with Gasteiger partial charge in [-0.1, -0.05) is 0 Å². The van der Waals surface area contributed by atoms with E-state index in [1.807, 2.05) is 0 Å². The third kappa shape index (κ3) is 12.4. The van der Waals surface area contributed by atoms with Crippen molar-refractivity contribution in [2.24, 2.45) is 0 Å². The number of ether oxygens (including phenoxy) is 2. The summed E-state index contributed by atoms with van der Waals surface area (Å²) >= 11 is 0.529. The van der Waals surface area contributed by atoms with Gasteiger partial charge < -0.3 is 25.4 Å². The first kappa shape index (κ1) is 20.8. The summed E-state index contributed by atoms with van der Waals surface area (Å²) in [6.45, 7) is 6.83. The third-order valence-corrected chi connectivity index (χ3v) is 3.83. The van der Waals surface area contributed by atoms with Crippen molar-refractivity contribution < 1.29 is 32.8 Å². The van der Waals surface area contributed by atoms with Crippen LogP contribution in [0.15, 0.2) is 0 Å². The Labute approximate surface area is 175 Å². The largest absolute Gasteiger partial charge is 0.467 e. The first-order valence-electron chi connectivity index (χ1n) is 10.4. The predicted octanol–water partition coefficient (Wildman–Crippen LogP) is 1.21. The summed E-state index contributed by atoms with van der Waals surface area (Å²) in [5.74, 6) is -2.05. The molecule has 162 valence electrons. The maximum absolute atomic E-state index is 12.6. The first-order chi connectivity index (χ1) is 14.1. The average molecular weight is 423 g/mol. The lowest BCUT2D eigenvalue weighted by Gasteiger charge is -2.22. The minimum absolute atomic E-state index is 0.207. The van der Waals surface area contributed by atoms with E-state index in [1.165, 1.54) is 6.92 Å². The highest BCUT2D eigenvalue weighted by Crippen LogP contribution is 2.07. The van der Waals surface area contributed by atoms with Crippen molar-refractivity contribution in [3.8, 4) is 0 Å². The zero-order chi connectivity index (χ0) is 24.2. The fourth-order valence-electron chi connectivity index (χ4n) is 2.16. The van der Waals surface area contributed by atoms with Gasteiger partial charge in [-0.05, 0) is 46.2 Å². The minimum Gasteiger partial charge on any atom is -0.467 e. The van der Waals surface area contributed by atoms with E-state index in [0.29, 0.717) is 31.1 Å². The van der Waals surface area contributed by atoms with E-state index in [2.05, 4.69) is 20.7 Å². The Kier molecular flexibility index (Phi) is 9.82. The highest BCUT2D eigenvalue weighted by molar-refractivity contribution is 7.98. The number of thioether (sulfide) groups is 1. The Bertz CT molecular complexity index is 626. The molecule has 0 unspecified atom stereocenters. The molecule has 0 aliphatic rings. The SMILES string of the molecule is [2H]C([2H])([2H])SC[C@H](NC(=O)[C@H](CCCCNC(=O)OC(C)(C)C)NC(C)=O)C(=O)OC. The molecule has 0 heterocycles. The second-order valence-electron chi connectivity index (χ2n) is 7.07. The number of alkyl carbamates (subject to hydrolysis) is 1. The Morgan fingerprint density at radius 2 is 1.79 bits per heavy atom. The van der Waals surface area contributed by atoms with Crippen LogP contribution in [0, 0.1) is 0 Å². The van der Waals surface area contributed by atoms with Crippen molar-refractivity contribution in [1.29, 1.82) is 0 Å². The first-order valence-corrected chi connectivity index (χ1v) is 9.89. The molecule has 10 heteroatoms. The molecule has 0 fully saturated rings. The number of nitrogens with one attached hydrogen (secondary N) is 3. The lowest BCUT2D eigenvalue weighted by atomic mass is 10.1. The van der Waals surface area contributed by atoms with Crippen molar-refractivity contribution >= 4 is 35.6 Å². The summed E-state index contributed by atoms with van der Waals surface area (Å²) in [4.78, 5) is 47.6. The normalized spacial score (nSPS) is 15.1. The fraction of sp³-hybridized carbons (Fsp3) is 0.778. The van der Waals surface area contributed by atoms with Gasteiger partial charge in [0.05, 0.1) is 7.11 Å². The van der Waals surface area contributed by atoms with Crippen molar-refractivity contribution in [3.05, 3.63) is 0 Å². The topological polar surface area (TPSA) is 123 Å². The molecule has 3 amide bonds. The smallest absolute Gasteiger partial charge is 0.407 e. The lowest BCUT2D eigenvalue weighted by Crippen LogP contribution is -2.52. The number of esters is 1. The van der Waals surface area contributed by atoms with Crippen molar-refractivity contribution in [3.63, 3.8) is 0 Å². The Morgan fingerprint density at radius 1 is 1.11 bits per heavy atom. The molecule has 0 bridgehead atoms. The summed E-state index contributed by atoms with van der Waals surface area (Å²) in [6, 6.07) is -2.10. The second kappa shape index (κ2) is 13.2. The van der Waals surface area contributed by atoms with Crippen LogP contribution in [0.3, 0.4) is 0 Å². The molecule has 0 aliphatic heterocycles. The average Bonchev–Trinajstić information content (AvgIpc) is 2.60. The highest BCUT2D eigenvalue weighted by Gasteiger charge is 2.26. The van der Waals surface area contributed by atoms with Crippen LogP contribution in [-0.2, 0) is 23.9 Å². The van der Waals surface area contributed by atoms with Gasteiger partial charge in [-0.3, -0.25) is 9.59 Å². The summed E-state index contributed by atoms with van der Waals surface area (Å²) in [5, 5.41) is 7.56. The zero-order valence-corrected chi connectivity index (χ0v) is 17.9. The van der Waals surface area contributed by atoms with Crippen LogP contribution in [0.25, 0.3) is 0 Å². The van der Waals surface area contributed by atoms with Crippen molar-refractivity contribution in [2.75, 3.05) is 25.6 Å². The maximum atomic E-state index is 12.6. The van der Waals surface area contributed by atoms with Crippen molar-refractivity contribution in [2.45, 2.75) is 64.6 Å². The number of hydrogen-bond acceptors (Lipinski definition) is 7. The zero-order valence-electron chi connectivity index (χ0n) is 20.0. The standard InChI is InChI=1S/C18H33N3O6S/c1-12(22)20-13(15(23)21-14(11-28-6)16(24)26-5)9-7-8-10-19-17(25)27-18(2,3)4/h13-14H,7-11H2,1-6H3,(H,19,25)(H,20,22)(H,21,23)/t13-,14-/m0/s1/i6D3. The quantitative estimate of drug-likeness (QED) is 0.338. The van der Waals surface area contributed by atoms with Crippen LogP contribution in [0.1, 0.15) is 51.1 Å². The van der Waals surface area contributed by atoms with Gasteiger partial charge in [-0.25, -0.2) is 9.59 Å². The number of amides is 3. The number of carbonyl (C=O) groups is 4. The van der Waals surface area contributed by atoms with Crippen LogP contribution >= 0.6 is 11.8 Å². The van der Waals surface area contributed by atoms with E-state index in [1.54, 1.807) is 20.8 Å². The molecule has 0 aromatic rings. The summed E-state index contributed by atoms with van der Waals surface area (Å²) < 4.78 is 31.4. The molecule has 3 N–H and O–H groups in total. The molecule has 0 aromatic carbocycles. The van der Waals surface area contributed by atoms with E-state index >= 15 is 0 Å². The van der Waals surface area contributed by atoms with Crippen molar-refractivity contribution in [1.82, 2.24) is 16.0 Å². The molecular formula is C18H33N3O6S. The summed E-state index contributed by atoms with van der Waals surface area (Å²) in [6.07, 6.45) is -1.62. The molecule has 2 atom stereocenters. The van der Waals surface area contributed by atoms with Gasteiger partial charge in [0, 0.05) is 23.3 Å². The number of hydrogen-bond donors (Lipinski definition) is 3. The molecule has 0 radical (unpaired) electrons. The molecule has 0 spiro atoms. The predicted molar refractivity (Wildman–Crippen MR) is 108 cm³/mol. The molecule has 0 aromatic heterocycles. The summed E-state index contributed by atoms with van der Waals surface area (Å²) in [5.41, 5.74) is -0.604. The van der Waals surface area contributed by atoms with Gasteiger partial charge in [-0.15, -0.1) is 0 Å². The number of rotatable bonds is 11. The number of unbranched alkanes of at least 4 members (excludes halogenated alkanes) is 1. The molecule has 0 saturated carbocycles. The maximum Gasteiger partial charge on any atom is 0.407 e. The molecule has 28 heavy (non-hydrogen) atoms. The highest BCUT2D eigenvalue weighted by atomic mass is 32.2. The Balaban J connectivity index is 4.74. The van der Waals surface area contributed by atoms with Crippen LogP contribution in [-0.4, -0.2) is 67.2 Å². The minimum atomic E-state index is -2.34. The Hall–Kier alpha value is -1.97. The van der Waals surface area contributed by atoms with E-state index in [4.69, 9.17) is 8.85 Å². The van der Waals surface area contributed by atoms with Crippen LogP contribution in [0.5, 0.6) is 0 Å². The van der Waals surface area contributed by atoms with Crippen LogP contribution < -0.4 is 16.0 Å². The molecule has 0 aliphatic carbocycles. The van der Waals surface area contributed by atoms with Gasteiger partial charge in [0.15, 0.2) is 0 Å². The fourth-order valence-corrected chi connectivity index (χ4v) is 2.54. The van der Waals surface area contributed by atoms with E-state index in [0.717, 1.165) is 7.11 Å². The monoisotopic (exact) mass is 422 g/mol. The van der Waals surface area contributed by atoms with Gasteiger partial charge in [0.1, 0.15) is 17.7 Å². The van der Waals surface area contributed by atoms with E-state index in [9.17, 15) is 19.2 Å². The van der Waals surface area contributed by atoms with Crippen LogP contribution in [0.4, 0.5) is 4.79 Å². The lowest BCUT2D eigenvalue weighted by molar-refractivity contribution is -0.144. The Morgan fingerprint density at radius 3 is 2.32 bits per heavy atom. The molecule has 0 rings (SSSR count). The van der Waals surface area contributed by atoms with Gasteiger partial charge in [-0.2, -0.15) is 11.8 Å². The number of methoxy groups -OCH3 is 1. The van der Waals surface area contributed by atoms with Gasteiger partial charge in [0.2, 0.25) is 11.8 Å². The van der Waals surface area contributed by atoms with E-state index in [-0.39, 0.29) is 12.2 Å². The molecule has 0 saturated heterocycles. The second-order valence-corrected chi connectivity index (χ2v) is 7.69.